The molecule has 0 aliphatic carbocycles. The Labute approximate surface area is 172 Å². The molecule has 1 heterocycles. The minimum absolute atomic E-state index is 0.159. The number of hydrogen-bond acceptors (Lipinski definition) is 4. The second-order valence-corrected chi connectivity index (χ2v) is 9.23. The summed E-state index contributed by atoms with van der Waals surface area (Å²) in [5.41, 5.74) is 1.82. The summed E-state index contributed by atoms with van der Waals surface area (Å²) < 4.78 is 1.71. The van der Waals surface area contributed by atoms with E-state index >= 15 is 0 Å². The Morgan fingerprint density at radius 1 is 1.32 bits per heavy atom. The van der Waals surface area contributed by atoms with Crippen LogP contribution in [0.25, 0.3) is 0 Å². The number of ketones is 1. The van der Waals surface area contributed by atoms with Crippen LogP contribution in [-0.2, 0) is 16.0 Å². The molecule has 2 atom stereocenters. The Morgan fingerprint density at radius 3 is 2.68 bits per heavy atom. The Bertz CT molecular complexity index is 705. The van der Waals surface area contributed by atoms with Crippen LogP contribution in [0.5, 0.6) is 0 Å². The van der Waals surface area contributed by atoms with E-state index in [0.717, 1.165) is 42.9 Å². The van der Waals surface area contributed by atoms with Gasteiger partial charge < -0.3 is 5.11 Å². The van der Waals surface area contributed by atoms with Gasteiger partial charge in [-0.2, -0.15) is 11.8 Å². The highest BCUT2D eigenvalue weighted by Crippen LogP contribution is 2.31. The van der Waals surface area contributed by atoms with Crippen LogP contribution in [-0.4, -0.2) is 44.8 Å². The fourth-order valence-corrected chi connectivity index (χ4v) is 4.82. The van der Waals surface area contributed by atoms with Crippen LogP contribution < -0.4 is 5.84 Å². The van der Waals surface area contributed by atoms with Crippen molar-refractivity contribution in [1.82, 2.24) is 0 Å². The molecule has 1 aliphatic heterocycles. The number of carboxylic acid groups (broad SMARTS) is 1. The number of carbonyl (C=O) groups excluding carboxylic acids is 1. The van der Waals surface area contributed by atoms with E-state index in [-0.39, 0.29) is 23.7 Å². The first-order valence-corrected chi connectivity index (χ1v) is 11.3. The summed E-state index contributed by atoms with van der Waals surface area (Å²) in [5.74, 6) is 7.48. The van der Waals surface area contributed by atoms with Gasteiger partial charge in [0.25, 0.3) is 0 Å². The minimum Gasteiger partial charge on any atom is -0.481 e. The highest BCUT2D eigenvalue weighted by Gasteiger charge is 2.34. The zero-order valence-electron chi connectivity index (χ0n) is 17.0. The fraction of sp³-hybridized carbons (Fsp3) is 0.591. The molecule has 3 N–H and O–H groups in total. The Balaban J connectivity index is 1.86. The van der Waals surface area contributed by atoms with Crippen molar-refractivity contribution in [1.29, 1.82) is 0 Å². The molecule has 0 fully saturated rings. The largest absolute Gasteiger partial charge is 0.481 e. The maximum Gasteiger partial charge on any atom is 0.303 e. The molecular formula is C22H33N2O3S+. The smallest absolute Gasteiger partial charge is 0.303 e. The van der Waals surface area contributed by atoms with Crippen molar-refractivity contribution >= 4 is 29.2 Å². The van der Waals surface area contributed by atoms with Crippen LogP contribution in [0.2, 0.25) is 0 Å². The number of Topliss-reactive ketones (excluding diaryl/α,β-unsaturated/α-hetero) is 1. The molecule has 1 aromatic rings. The maximum atomic E-state index is 12.4. The van der Waals surface area contributed by atoms with Crippen LogP contribution in [0.4, 0.5) is 0 Å². The summed E-state index contributed by atoms with van der Waals surface area (Å²) in [6, 6.07) is 10.4. The third-order valence-corrected chi connectivity index (χ3v) is 6.80. The first kappa shape index (κ1) is 22.5. The van der Waals surface area contributed by atoms with Crippen LogP contribution in [0.1, 0.15) is 57.9 Å². The number of thioether (sulfide) groups is 1. The van der Waals surface area contributed by atoms with Crippen molar-refractivity contribution < 1.29 is 19.4 Å². The molecule has 6 heteroatoms. The Hall–Kier alpha value is -1.82. The molecule has 0 spiro atoms. The standard InChI is InChI=1S/C22H32N2O3S/c1-3-22(2,16-21(26)27)12-14-28-13-11-19-20(25)10-9-18(24(19)23)15-17-7-5-4-6-8-17/h4-8,18H,3,9-16H2,1-2H3,(H2-,23,25,26,27)/p+1. The van der Waals surface area contributed by atoms with Gasteiger partial charge in [0.1, 0.15) is 0 Å². The predicted molar refractivity (Wildman–Crippen MR) is 115 cm³/mol. The average molecular weight is 406 g/mol. The first-order chi connectivity index (χ1) is 13.3. The number of carboxylic acids is 1. The van der Waals surface area contributed by atoms with Gasteiger partial charge in [-0.25, -0.2) is 5.84 Å². The number of hydrazine groups is 1. The molecule has 0 radical (unpaired) electrons. The summed E-state index contributed by atoms with van der Waals surface area (Å²) in [4.78, 5) is 23.4. The van der Waals surface area contributed by atoms with Crippen LogP contribution >= 0.6 is 11.8 Å². The van der Waals surface area contributed by atoms with E-state index in [9.17, 15) is 9.59 Å². The Kier molecular flexibility index (Phi) is 8.55. The molecule has 0 aromatic heterocycles. The van der Waals surface area contributed by atoms with Crippen molar-refractivity contribution in [3.63, 3.8) is 0 Å². The summed E-state index contributed by atoms with van der Waals surface area (Å²) in [7, 11) is 0. The number of aliphatic carboxylic acids is 1. The highest BCUT2D eigenvalue weighted by molar-refractivity contribution is 7.99. The Morgan fingerprint density at radius 2 is 2.04 bits per heavy atom. The zero-order chi connectivity index (χ0) is 20.6. The SMILES string of the molecule is CCC(C)(CCSCCC1=[N+](N)C(Cc2ccccc2)CCC1=O)CC(=O)O. The lowest BCUT2D eigenvalue weighted by molar-refractivity contribution is -0.580. The zero-order valence-corrected chi connectivity index (χ0v) is 17.8. The molecule has 0 amide bonds. The van der Waals surface area contributed by atoms with Crippen molar-refractivity contribution in [2.45, 2.75) is 64.8 Å². The molecule has 1 aromatic carbocycles. The number of hydrazone groups is 1. The molecule has 0 saturated heterocycles. The van der Waals surface area contributed by atoms with Gasteiger partial charge in [-0.3, -0.25) is 9.59 Å². The van der Waals surface area contributed by atoms with Crippen molar-refractivity contribution in [3.8, 4) is 0 Å². The topological polar surface area (TPSA) is 83.4 Å². The lowest BCUT2D eigenvalue weighted by Gasteiger charge is -2.26. The number of rotatable bonds is 11. The van der Waals surface area contributed by atoms with Crippen LogP contribution in [0, 0.1) is 5.41 Å². The van der Waals surface area contributed by atoms with Gasteiger partial charge >= 0.3 is 5.97 Å². The summed E-state index contributed by atoms with van der Waals surface area (Å²) in [5, 5.41) is 9.07. The van der Waals surface area contributed by atoms with Crippen molar-refractivity contribution in [2.24, 2.45) is 11.3 Å². The van der Waals surface area contributed by atoms with E-state index in [2.05, 4.69) is 12.1 Å². The highest BCUT2D eigenvalue weighted by atomic mass is 32.2. The average Bonchev–Trinajstić information content (AvgIpc) is 2.66. The van der Waals surface area contributed by atoms with E-state index in [1.165, 1.54) is 5.56 Å². The van der Waals surface area contributed by atoms with E-state index in [4.69, 9.17) is 10.9 Å². The third kappa shape index (κ3) is 6.66. The number of nitrogens with zero attached hydrogens (tertiary/aromatic N) is 1. The molecule has 5 nitrogen and oxygen atoms in total. The van der Waals surface area contributed by atoms with Gasteiger partial charge in [-0.15, -0.1) is 4.68 Å². The first-order valence-electron chi connectivity index (χ1n) is 10.1. The molecule has 0 bridgehead atoms. The summed E-state index contributed by atoms with van der Waals surface area (Å²) in [6.07, 6.45) is 4.82. The van der Waals surface area contributed by atoms with Gasteiger partial charge in [0, 0.05) is 31.4 Å². The lowest BCUT2D eigenvalue weighted by atomic mass is 9.81. The molecule has 1 aliphatic rings. The number of carbonyl (C=O) groups is 2. The maximum absolute atomic E-state index is 12.4. The quantitative estimate of drug-likeness (QED) is 0.333. The van der Waals surface area contributed by atoms with E-state index in [1.54, 1.807) is 16.4 Å². The molecule has 2 rings (SSSR count). The summed E-state index contributed by atoms with van der Waals surface area (Å²) >= 11 is 1.78. The van der Waals surface area contributed by atoms with Crippen LogP contribution in [0.3, 0.4) is 0 Å². The molecular weight excluding hydrogens is 372 g/mol. The van der Waals surface area contributed by atoms with E-state index in [0.29, 0.717) is 12.8 Å². The number of benzene rings is 1. The van der Waals surface area contributed by atoms with Gasteiger partial charge in [-0.1, -0.05) is 50.6 Å². The van der Waals surface area contributed by atoms with Gasteiger partial charge in [0.15, 0.2) is 6.04 Å². The van der Waals surface area contributed by atoms with E-state index < -0.39 is 5.97 Å². The number of hydrogen-bond donors (Lipinski definition) is 2. The van der Waals surface area contributed by atoms with Crippen molar-refractivity contribution in [2.75, 3.05) is 11.5 Å². The third-order valence-electron chi connectivity index (χ3n) is 5.81. The minimum atomic E-state index is -0.735. The molecule has 154 valence electrons. The monoisotopic (exact) mass is 405 g/mol. The fourth-order valence-electron chi connectivity index (χ4n) is 3.65. The van der Waals surface area contributed by atoms with Gasteiger partial charge in [0.2, 0.25) is 11.5 Å². The molecule has 28 heavy (non-hydrogen) atoms. The van der Waals surface area contributed by atoms with Crippen LogP contribution in [0.15, 0.2) is 30.3 Å². The van der Waals surface area contributed by atoms with Crippen molar-refractivity contribution in [3.05, 3.63) is 35.9 Å². The molecule has 0 saturated carbocycles. The van der Waals surface area contributed by atoms with Gasteiger partial charge in [0.05, 0.1) is 6.42 Å². The normalized spacial score (nSPS) is 19.5. The number of nitrogens with two attached hydrogens (primary N) is 1. The summed E-state index contributed by atoms with van der Waals surface area (Å²) in [6.45, 7) is 4.08. The van der Waals surface area contributed by atoms with Gasteiger partial charge in [-0.05, 0) is 23.2 Å². The lowest BCUT2D eigenvalue weighted by Crippen LogP contribution is -2.46. The van der Waals surface area contributed by atoms with E-state index in [1.807, 2.05) is 32.0 Å². The second kappa shape index (κ2) is 10.6. The molecule has 2 unspecified atom stereocenters. The second-order valence-electron chi connectivity index (χ2n) is 8.01. The predicted octanol–water partition coefficient (Wildman–Crippen LogP) is 3.69.